The third kappa shape index (κ3) is 4.25. The first-order chi connectivity index (χ1) is 12.9. The van der Waals surface area contributed by atoms with E-state index in [4.69, 9.17) is 4.74 Å². The molecular weight excluding hydrogens is 368 g/mol. The van der Waals surface area contributed by atoms with Gasteiger partial charge in [0.1, 0.15) is 18.5 Å². The van der Waals surface area contributed by atoms with Crippen molar-refractivity contribution in [3.8, 4) is 5.75 Å². The molecule has 2 heterocycles. The van der Waals surface area contributed by atoms with Gasteiger partial charge >= 0.3 is 5.69 Å². The molecule has 0 aliphatic heterocycles. The number of thioether (sulfide) groups is 1. The molecule has 3 rings (SSSR count). The first-order valence-electron chi connectivity index (χ1n) is 8.59. The standard InChI is InChI=1S/C18H22N4O4S/c1-11(2)27-18-19-15-14(16(24)20-17(25)21(15)3)22(18)9-12(23)10-26-13-7-5-4-6-8-13/h4-8,11-12,23H,9-10H2,1-3H3,(H,20,24,25)/t12-/m0/s1. The fourth-order valence-corrected chi connectivity index (χ4v) is 3.51. The Morgan fingerprint density at radius 3 is 2.63 bits per heavy atom. The number of ether oxygens (including phenoxy) is 1. The molecule has 0 saturated carbocycles. The molecule has 3 aromatic rings. The van der Waals surface area contributed by atoms with E-state index in [-0.39, 0.29) is 23.9 Å². The minimum absolute atomic E-state index is 0.0686. The largest absolute Gasteiger partial charge is 0.491 e. The van der Waals surface area contributed by atoms with Gasteiger partial charge in [0.2, 0.25) is 0 Å². The number of aliphatic hydroxyl groups is 1. The zero-order valence-electron chi connectivity index (χ0n) is 15.4. The van der Waals surface area contributed by atoms with E-state index in [9.17, 15) is 14.7 Å². The average Bonchev–Trinajstić information content (AvgIpc) is 2.97. The third-order valence-electron chi connectivity index (χ3n) is 3.89. The molecule has 27 heavy (non-hydrogen) atoms. The van der Waals surface area contributed by atoms with Crippen molar-refractivity contribution in [1.29, 1.82) is 0 Å². The number of aryl methyl sites for hydroxylation is 1. The fraction of sp³-hybridized carbons (Fsp3) is 0.389. The lowest BCUT2D eigenvalue weighted by atomic mass is 10.3. The van der Waals surface area contributed by atoms with Gasteiger partial charge in [-0.25, -0.2) is 9.78 Å². The van der Waals surface area contributed by atoms with Crippen LogP contribution >= 0.6 is 11.8 Å². The smallest absolute Gasteiger partial charge is 0.329 e. The number of rotatable bonds is 7. The van der Waals surface area contributed by atoms with Crippen molar-refractivity contribution in [3.05, 3.63) is 51.2 Å². The summed E-state index contributed by atoms with van der Waals surface area (Å²) in [4.78, 5) is 31.0. The highest BCUT2D eigenvalue weighted by Crippen LogP contribution is 2.25. The Morgan fingerprint density at radius 1 is 1.26 bits per heavy atom. The number of hydrogen-bond acceptors (Lipinski definition) is 6. The molecule has 0 aliphatic carbocycles. The summed E-state index contributed by atoms with van der Waals surface area (Å²) in [7, 11) is 1.55. The van der Waals surface area contributed by atoms with Gasteiger partial charge in [-0.15, -0.1) is 0 Å². The van der Waals surface area contributed by atoms with Crippen LogP contribution in [-0.4, -0.2) is 42.2 Å². The van der Waals surface area contributed by atoms with E-state index in [1.54, 1.807) is 23.7 Å². The van der Waals surface area contributed by atoms with Crippen LogP contribution in [0.4, 0.5) is 0 Å². The molecule has 0 bridgehead atoms. The van der Waals surface area contributed by atoms with Crippen molar-refractivity contribution >= 4 is 22.9 Å². The van der Waals surface area contributed by atoms with Crippen molar-refractivity contribution in [2.24, 2.45) is 7.05 Å². The number of aromatic amines is 1. The molecule has 0 aliphatic rings. The van der Waals surface area contributed by atoms with E-state index in [0.717, 1.165) is 0 Å². The number of para-hydroxylation sites is 1. The molecule has 0 fully saturated rings. The zero-order chi connectivity index (χ0) is 19.6. The quantitative estimate of drug-likeness (QED) is 0.591. The van der Waals surface area contributed by atoms with Gasteiger partial charge in [0.25, 0.3) is 5.56 Å². The molecule has 9 heteroatoms. The monoisotopic (exact) mass is 390 g/mol. The van der Waals surface area contributed by atoms with Gasteiger partial charge in [-0.05, 0) is 12.1 Å². The molecule has 144 valence electrons. The van der Waals surface area contributed by atoms with Crippen molar-refractivity contribution in [2.45, 2.75) is 36.9 Å². The topological polar surface area (TPSA) is 102 Å². The van der Waals surface area contributed by atoms with Crippen LogP contribution in [0, 0.1) is 0 Å². The van der Waals surface area contributed by atoms with E-state index >= 15 is 0 Å². The molecule has 2 aromatic heterocycles. The van der Waals surface area contributed by atoms with Crippen LogP contribution in [0.15, 0.2) is 45.1 Å². The maximum absolute atomic E-state index is 12.4. The number of hydrogen-bond donors (Lipinski definition) is 2. The number of fused-ring (bicyclic) bond motifs is 1. The average molecular weight is 390 g/mol. The Labute approximate surface area is 159 Å². The summed E-state index contributed by atoms with van der Waals surface area (Å²) in [6.07, 6.45) is -0.856. The van der Waals surface area contributed by atoms with Gasteiger partial charge < -0.3 is 14.4 Å². The maximum Gasteiger partial charge on any atom is 0.329 e. The second kappa shape index (κ2) is 8.01. The number of benzene rings is 1. The molecule has 0 saturated heterocycles. The van der Waals surface area contributed by atoms with Crippen molar-refractivity contribution in [3.63, 3.8) is 0 Å². The van der Waals surface area contributed by atoms with E-state index < -0.39 is 17.4 Å². The van der Waals surface area contributed by atoms with Crippen molar-refractivity contribution < 1.29 is 9.84 Å². The second-order valence-electron chi connectivity index (χ2n) is 6.44. The number of aromatic nitrogens is 4. The minimum Gasteiger partial charge on any atom is -0.491 e. The number of nitrogens with one attached hydrogen (secondary N) is 1. The highest BCUT2D eigenvalue weighted by atomic mass is 32.2. The lowest BCUT2D eigenvalue weighted by molar-refractivity contribution is 0.0914. The van der Waals surface area contributed by atoms with Gasteiger partial charge in [0.05, 0.1) is 6.54 Å². The maximum atomic E-state index is 12.4. The lowest BCUT2D eigenvalue weighted by Gasteiger charge is -2.15. The molecule has 0 spiro atoms. The van der Waals surface area contributed by atoms with Gasteiger partial charge in [0.15, 0.2) is 16.3 Å². The highest BCUT2D eigenvalue weighted by Gasteiger charge is 2.20. The fourth-order valence-electron chi connectivity index (χ4n) is 2.66. The van der Waals surface area contributed by atoms with Crippen LogP contribution in [0.1, 0.15) is 13.8 Å². The van der Waals surface area contributed by atoms with E-state index in [2.05, 4.69) is 9.97 Å². The number of H-pyrrole nitrogens is 1. The van der Waals surface area contributed by atoms with Gasteiger partial charge in [-0.1, -0.05) is 43.8 Å². The predicted octanol–water partition coefficient (Wildman–Crippen LogP) is 1.36. The van der Waals surface area contributed by atoms with Crippen LogP contribution in [0.3, 0.4) is 0 Å². The molecule has 8 nitrogen and oxygen atoms in total. The summed E-state index contributed by atoms with van der Waals surface area (Å²) in [5, 5.41) is 11.2. The molecule has 1 aromatic carbocycles. The van der Waals surface area contributed by atoms with Crippen LogP contribution in [-0.2, 0) is 13.6 Å². The second-order valence-corrected chi connectivity index (χ2v) is 7.98. The Morgan fingerprint density at radius 2 is 1.96 bits per heavy atom. The molecule has 0 radical (unpaired) electrons. The molecule has 1 atom stereocenters. The first-order valence-corrected chi connectivity index (χ1v) is 9.47. The Hall–Kier alpha value is -2.52. The Bertz CT molecular complexity index is 1040. The Kier molecular flexibility index (Phi) is 5.71. The number of imidazole rings is 1. The summed E-state index contributed by atoms with van der Waals surface area (Å²) in [6, 6.07) is 9.19. The number of aliphatic hydroxyl groups excluding tert-OH is 1. The molecular formula is C18H22N4O4S. The SMILES string of the molecule is CC(C)Sc1nc2c(c(=O)[nH]c(=O)n2C)n1C[C@H](O)COc1ccccc1. The normalized spacial score (nSPS) is 12.6. The van der Waals surface area contributed by atoms with E-state index in [1.165, 1.54) is 16.3 Å². The number of nitrogens with zero attached hydrogens (tertiary/aromatic N) is 3. The third-order valence-corrected chi connectivity index (χ3v) is 4.89. The summed E-state index contributed by atoms with van der Waals surface area (Å²) in [5.41, 5.74) is -0.485. The molecule has 2 N–H and O–H groups in total. The van der Waals surface area contributed by atoms with Crippen molar-refractivity contribution in [2.75, 3.05) is 6.61 Å². The van der Waals surface area contributed by atoms with Crippen LogP contribution in [0.2, 0.25) is 0 Å². The summed E-state index contributed by atoms with van der Waals surface area (Å²) >= 11 is 1.46. The minimum atomic E-state index is -0.856. The lowest BCUT2D eigenvalue weighted by Crippen LogP contribution is -2.30. The summed E-state index contributed by atoms with van der Waals surface area (Å²) in [6.45, 7) is 4.21. The van der Waals surface area contributed by atoms with Crippen LogP contribution < -0.4 is 16.0 Å². The Balaban J connectivity index is 1.92. The van der Waals surface area contributed by atoms with Gasteiger partial charge in [0, 0.05) is 12.3 Å². The molecule has 0 amide bonds. The van der Waals surface area contributed by atoms with Crippen LogP contribution in [0.5, 0.6) is 5.75 Å². The van der Waals surface area contributed by atoms with Gasteiger partial charge in [-0.3, -0.25) is 14.3 Å². The predicted molar refractivity (Wildman–Crippen MR) is 105 cm³/mol. The van der Waals surface area contributed by atoms with Crippen LogP contribution in [0.25, 0.3) is 11.2 Å². The molecule has 0 unspecified atom stereocenters. The summed E-state index contributed by atoms with van der Waals surface area (Å²) in [5.74, 6) is 0.657. The zero-order valence-corrected chi connectivity index (χ0v) is 16.2. The van der Waals surface area contributed by atoms with Crippen molar-refractivity contribution in [1.82, 2.24) is 19.1 Å². The van der Waals surface area contributed by atoms with E-state index in [1.807, 2.05) is 32.0 Å². The first kappa shape index (κ1) is 19.2. The summed E-state index contributed by atoms with van der Waals surface area (Å²) < 4.78 is 8.54. The highest BCUT2D eigenvalue weighted by molar-refractivity contribution is 7.99. The van der Waals surface area contributed by atoms with E-state index in [0.29, 0.717) is 16.6 Å². The van der Waals surface area contributed by atoms with Gasteiger partial charge in [-0.2, -0.15) is 0 Å².